The molecule has 0 saturated heterocycles. The number of rotatable bonds is 11. The summed E-state index contributed by atoms with van der Waals surface area (Å²) in [5.41, 5.74) is 1.92. The van der Waals surface area contributed by atoms with E-state index < -0.39 is 28.5 Å². The molecule has 39 heavy (non-hydrogen) atoms. The normalized spacial score (nSPS) is 12.9. The van der Waals surface area contributed by atoms with E-state index in [2.05, 4.69) is 5.32 Å². The molecule has 0 saturated carbocycles. The van der Waals surface area contributed by atoms with Crippen molar-refractivity contribution in [2.24, 2.45) is 0 Å². The van der Waals surface area contributed by atoms with Gasteiger partial charge in [-0.25, -0.2) is 8.42 Å². The zero-order valence-corrected chi connectivity index (χ0v) is 24.7. The van der Waals surface area contributed by atoms with Gasteiger partial charge in [0.1, 0.15) is 12.6 Å². The maximum Gasteiger partial charge on any atom is 0.264 e. The predicted molar refractivity (Wildman–Crippen MR) is 157 cm³/mol. The molecule has 0 radical (unpaired) electrons. The molecule has 7 nitrogen and oxygen atoms in total. The van der Waals surface area contributed by atoms with Gasteiger partial charge in [0.05, 0.1) is 20.6 Å². The lowest BCUT2D eigenvalue weighted by Crippen LogP contribution is -2.52. The van der Waals surface area contributed by atoms with E-state index in [1.165, 1.54) is 29.2 Å². The smallest absolute Gasteiger partial charge is 0.264 e. The van der Waals surface area contributed by atoms with E-state index in [9.17, 15) is 18.0 Å². The molecule has 3 aromatic rings. The topological polar surface area (TPSA) is 86.8 Å². The average Bonchev–Trinajstić information content (AvgIpc) is 2.92. The van der Waals surface area contributed by atoms with Gasteiger partial charge in [0, 0.05) is 12.6 Å². The Morgan fingerprint density at radius 2 is 1.56 bits per heavy atom. The molecule has 0 unspecified atom stereocenters. The van der Waals surface area contributed by atoms with Crippen molar-refractivity contribution in [3.8, 4) is 0 Å². The van der Waals surface area contributed by atoms with Gasteiger partial charge in [-0.3, -0.25) is 13.9 Å². The number of aryl methyl sites for hydroxylation is 1. The minimum absolute atomic E-state index is 0.000815. The first kappa shape index (κ1) is 30.5. The summed E-state index contributed by atoms with van der Waals surface area (Å²) in [6, 6.07) is 19.0. The van der Waals surface area contributed by atoms with E-state index in [-0.39, 0.29) is 39.1 Å². The highest BCUT2D eigenvalue weighted by Gasteiger charge is 2.33. The third kappa shape index (κ3) is 7.53. The van der Waals surface area contributed by atoms with Crippen LogP contribution in [0.15, 0.2) is 77.7 Å². The second-order valence-corrected chi connectivity index (χ2v) is 12.0. The number of anilines is 1. The van der Waals surface area contributed by atoms with E-state index in [4.69, 9.17) is 23.2 Å². The Labute approximate surface area is 240 Å². The number of benzene rings is 3. The van der Waals surface area contributed by atoms with Crippen LogP contribution in [0.2, 0.25) is 10.0 Å². The van der Waals surface area contributed by atoms with Crippen LogP contribution in [0, 0.1) is 6.92 Å². The van der Waals surface area contributed by atoms with Crippen molar-refractivity contribution in [1.82, 2.24) is 10.2 Å². The molecular weight excluding hydrogens is 557 g/mol. The molecule has 208 valence electrons. The quantitative estimate of drug-likeness (QED) is 0.305. The third-order valence-electron chi connectivity index (χ3n) is 6.45. The molecule has 0 aliphatic heterocycles. The van der Waals surface area contributed by atoms with Gasteiger partial charge in [0.15, 0.2) is 0 Å². The van der Waals surface area contributed by atoms with Crippen molar-refractivity contribution >= 4 is 50.7 Å². The van der Waals surface area contributed by atoms with Crippen molar-refractivity contribution in [3.63, 3.8) is 0 Å². The van der Waals surface area contributed by atoms with Gasteiger partial charge in [-0.15, -0.1) is 0 Å². The monoisotopic (exact) mass is 589 g/mol. The van der Waals surface area contributed by atoms with Crippen LogP contribution >= 0.6 is 23.2 Å². The number of hydrogen-bond acceptors (Lipinski definition) is 4. The Morgan fingerprint density at radius 3 is 2.18 bits per heavy atom. The lowest BCUT2D eigenvalue weighted by molar-refractivity contribution is -0.139. The Kier molecular flexibility index (Phi) is 10.4. The summed E-state index contributed by atoms with van der Waals surface area (Å²) in [6.45, 7) is 6.93. The molecule has 3 rings (SSSR count). The highest BCUT2D eigenvalue weighted by Crippen LogP contribution is 2.35. The molecule has 0 aliphatic rings. The fourth-order valence-corrected chi connectivity index (χ4v) is 5.75. The molecule has 2 atom stereocenters. The summed E-state index contributed by atoms with van der Waals surface area (Å²) in [5, 5.41) is 3.06. The Bertz CT molecular complexity index is 1400. The van der Waals surface area contributed by atoms with E-state index >= 15 is 0 Å². The minimum Gasteiger partial charge on any atom is -0.352 e. The summed E-state index contributed by atoms with van der Waals surface area (Å²) < 4.78 is 28.6. The molecule has 2 amide bonds. The Hall–Kier alpha value is -3.07. The number of carbonyl (C=O) groups is 2. The van der Waals surface area contributed by atoms with Crippen LogP contribution in [-0.4, -0.2) is 43.8 Å². The summed E-state index contributed by atoms with van der Waals surface area (Å²) in [7, 11) is -4.23. The highest BCUT2D eigenvalue weighted by atomic mass is 35.5. The standard InChI is InChI=1S/C29H33Cl2N3O4S/c1-5-21(3)32-29(36)22(4)33(18-23-16-14-20(2)15-17-23)27(35)19-34(26-13-9-12-25(30)28(26)31)39(37,38)24-10-7-6-8-11-24/h6-17,21-22H,5,18-19H2,1-4H3,(H,32,36)/t21-,22-/m1/s1. The zero-order chi connectivity index (χ0) is 28.7. The number of halogens is 2. The van der Waals surface area contributed by atoms with Gasteiger partial charge >= 0.3 is 0 Å². The molecule has 0 fully saturated rings. The molecule has 1 N–H and O–H groups in total. The lowest BCUT2D eigenvalue weighted by atomic mass is 10.1. The van der Waals surface area contributed by atoms with Crippen LogP contribution in [0.25, 0.3) is 0 Å². The maximum atomic E-state index is 13.9. The molecule has 0 heterocycles. The molecule has 10 heteroatoms. The largest absolute Gasteiger partial charge is 0.352 e. The number of nitrogens with one attached hydrogen (secondary N) is 1. The van der Waals surface area contributed by atoms with E-state index in [1.54, 1.807) is 31.2 Å². The van der Waals surface area contributed by atoms with Crippen molar-refractivity contribution in [2.45, 2.75) is 57.6 Å². The van der Waals surface area contributed by atoms with Gasteiger partial charge in [-0.1, -0.05) is 84.2 Å². The third-order valence-corrected chi connectivity index (χ3v) is 9.03. The number of amides is 2. The van der Waals surface area contributed by atoms with Crippen LogP contribution in [0.3, 0.4) is 0 Å². The van der Waals surface area contributed by atoms with Crippen molar-refractivity contribution in [3.05, 3.63) is 94.0 Å². The zero-order valence-electron chi connectivity index (χ0n) is 22.4. The molecule has 0 spiro atoms. The molecular formula is C29H33Cl2N3O4S. The van der Waals surface area contributed by atoms with E-state index in [1.807, 2.05) is 45.0 Å². The molecule has 3 aromatic carbocycles. The second kappa shape index (κ2) is 13.3. The summed E-state index contributed by atoms with van der Waals surface area (Å²) in [4.78, 5) is 28.4. The fourth-order valence-electron chi connectivity index (χ4n) is 3.86. The Balaban J connectivity index is 2.05. The number of hydrogen-bond donors (Lipinski definition) is 1. The fraction of sp³-hybridized carbons (Fsp3) is 0.310. The van der Waals surface area contributed by atoms with Gasteiger partial charge in [-0.05, 0) is 57.0 Å². The number of carbonyl (C=O) groups excluding carboxylic acids is 2. The van der Waals surface area contributed by atoms with Gasteiger partial charge in [0.25, 0.3) is 10.0 Å². The predicted octanol–water partition coefficient (Wildman–Crippen LogP) is 5.83. The first-order chi connectivity index (χ1) is 18.4. The molecule has 0 bridgehead atoms. The van der Waals surface area contributed by atoms with Crippen molar-refractivity contribution in [2.75, 3.05) is 10.8 Å². The van der Waals surface area contributed by atoms with E-state index in [0.29, 0.717) is 0 Å². The number of sulfonamides is 1. The van der Waals surface area contributed by atoms with Crippen LogP contribution in [0.4, 0.5) is 5.69 Å². The van der Waals surface area contributed by atoms with Crippen LogP contribution in [0.1, 0.15) is 38.3 Å². The van der Waals surface area contributed by atoms with Gasteiger partial charge in [0.2, 0.25) is 11.8 Å². The van der Waals surface area contributed by atoms with Crippen LogP contribution in [-0.2, 0) is 26.2 Å². The van der Waals surface area contributed by atoms with E-state index in [0.717, 1.165) is 21.9 Å². The first-order valence-corrected chi connectivity index (χ1v) is 14.8. The average molecular weight is 591 g/mol. The van der Waals surface area contributed by atoms with Crippen molar-refractivity contribution < 1.29 is 18.0 Å². The highest BCUT2D eigenvalue weighted by molar-refractivity contribution is 7.92. The lowest BCUT2D eigenvalue weighted by Gasteiger charge is -2.32. The Morgan fingerprint density at radius 1 is 0.923 bits per heavy atom. The molecule has 0 aromatic heterocycles. The summed E-state index contributed by atoms with van der Waals surface area (Å²) in [5.74, 6) is -0.902. The van der Waals surface area contributed by atoms with Gasteiger partial charge < -0.3 is 10.2 Å². The van der Waals surface area contributed by atoms with Gasteiger partial charge in [-0.2, -0.15) is 0 Å². The minimum atomic E-state index is -4.23. The van der Waals surface area contributed by atoms with Crippen LogP contribution < -0.4 is 9.62 Å². The summed E-state index contributed by atoms with van der Waals surface area (Å²) >= 11 is 12.7. The maximum absolute atomic E-state index is 13.9. The number of nitrogens with zero attached hydrogens (tertiary/aromatic N) is 2. The molecule has 0 aliphatic carbocycles. The second-order valence-electron chi connectivity index (χ2n) is 9.40. The SMILES string of the molecule is CC[C@@H](C)NC(=O)[C@@H](C)N(Cc1ccc(C)cc1)C(=O)CN(c1cccc(Cl)c1Cl)S(=O)(=O)c1ccccc1. The summed E-state index contributed by atoms with van der Waals surface area (Å²) in [6.07, 6.45) is 0.723. The van der Waals surface area contributed by atoms with Crippen LogP contribution in [0.5, 0.6) is 0 Å². The van der Waals surface area contributed by atoms with Crippen molar-refractivity contribution in [1.29, 1.82) is 0 Å². The first-order valence-electron chi connectivity index (χ1n) is 12.6.